The predicted molar refractivity (Wildman–Crippen MR) is 113 cm³/mol. The van der Waals surface area contributed by atoms with E-state index in [0.717, 1.165) is 11.1 Å². The number of nitriles is 1. The van der Waals surface area contributed by atoms with Crippen molar-refractivity contribution in [2.24, 2.45) is 0 Å². The van der Waals surface area contributed by atoms with Crippen molar-refractivity contribution >= 4 is 12.0 Å². The van der Waals surface area contributed by atoms with Crippen LogP contribution in [0.5, 0.6) is 11.5 Å². The van der Waals surface area contributed by atoms with Crippen LogP contribution in [-0.2, 0) is 17.9 Å². The normalized spacial score (nSPS) is 12.0. The van der Waals surface area contributed by atoms with Crippen LogP contribution in [0.3, 0.4) is 0 Å². The summed E-state index contributed by atoms with van der Waals surface area (Å²) in [5.74, 6) is 0.756. The van der Waals surface area contributed by atoms with Gasteiger partial charge in [-0.05, 0) is 59.2 Å². The third-order valence-electron chi connectivity index (χ3n) is 4.85. The fourth-order valence-corrected chi connectivity index (χ4v) is 3.26. The topological polar surface area (TPSA) is 62.6 Å². The van der Waals surface area contributed by atoms with Crippen LogP contribution in [-0.4, -0.2) is 17.6 Å². The van der Waals surface area contributed by atoms with Crippen LogP contribution in [0.2, 0.25) is 0 Å². The molecular formula is C25H19FN2O3. The second-order valence-electron chi connectivity index (χ2n) is 7.08. The SMILES string of the molecule is N#Cc1ccc(CN(Cc2cccc(F)c2)C(=O)/C=C/c2ccc3c(c2)OCO3)cc1. The Morgan fingerprint density at radius 1 is 1.00 bits per heavy atom. The molecule has 1 aliphatic rings. The highest BCUT2D eigenvalue weighted by atomic mass is 19.1. The molecule has 1 heterocycles. The summed E-state index contributed by atoms with van der Waals surface area (Å²) in [7, 11) is 0. The van der Waals surface area contributed by atoms with Gasteiger partial charge in [0.2, 0.25) is 12.7 Å². The van der Waals surface area contributed by atoms with E-state index < -0.39 is 0 Å². The molecule has 0 saturated carbocycles. The molecule has 1 aliphatic heterocycles. The Morgan fingerprint density at radius 2 is 1.77 bits per heavy atom. The standard InChI is InChI=1S/C25H19FN2O3/c26-22-3-1-2-21(12-22)16-28(15-20-6-4-19(14-27)5-7-20)25(29)11-9-18-8-10-23-24(13-18)31-17-30-23/h1-13H,15-17H2/b11-9+. The van der Waals surface area contributed by atoms with Crippen molar-refractivity contribution in [3.8, 4) is 17.6 Å². The van der Waals surface area contributed by atoms with Gasteiger partial charge in [-0.25, -0.2) is 4.39 Å². The van der Waals surface area contributed by atoms with Gasteiger partial charge in [-0.2, -0.15) is 5.26 Å². The van der Waals surface area contributed by atoms with E-state index in [-0.39, 0.29) is 25.1 Å². The lowest BCUT2D eigenvalue weighted by Crippen LogP contribution is -2.28. The average molecular weight is 414 g/mol. The Hall–Kier alpha value is -4.11. The van der Waals surface area contributed by atoms with Gasteiger partial charge < -0.3 is 14.4 Å². The van der Waals surface area contributed by atoms with Crippen molar-refractivity contribution in [2.45, 2.75) is 13.1 Å². The predicted octanol–water partition coefficient (Wildman–Crippen LogP) is 4.67. The summed E-state index contributed by atoms with van der Waals surface area (Å²) in [5.41, 5.74) is 2.93. The maximum absolute atomic E-state index is 13.6. The minimum Gasteiger partial charge on any atom is -0.454 e. The van der Waals surface area contributed by atoms with Crippen LogP contribution in [0.25, 0.3) is 6.08 Å². The highest BCUT2D eigenvalue weighted by Gasteiger charge is 2.15. The molecule has 0 saturated heterocycles. The molecule has 31 heavy (non-hydrogen) atoms. The first kappa shape index (κ1) is 20.2. The number of rotatable bonds is 6. The van der Waals surface area contributed by atoms with Crippen molar-refractivity contribution in [1.29, 1.82) is 5.26 Å². The zero-order chi connectivity index (χ0) is 21.6. The first-order valence-corrected chi connectivity index (χ1v) is 9.71. The number of amides is 1. The van der Waals surface area contributed by atoms with Gasteiger partial charge in [0, 0.05) is 19.2 Å². The highest BCUT2D eigenvalue weighted by molar-refractivity contribution is 5.91. The average Bonchev–Trinajstić information content (AvgIpc) is 3.25. The lowest BCUT2D eigenvalue weighted by molar-refractivity contribution is -0.127. The molecule has 0 aliphatic carbocycles. The molecule has 0 unspecified atom stereocenters. The summed E-state index contributed by atoms with van der Waals surface area (Å²) >= 11 is 0. The maximum Gasteiger partial charge on any atom is 0.247 e. The molecule has 0 fully saturated rings. The molecule has 0 aromatic heterocycles. The van der Waals surface area contributed by atoms with E-state index in [4.69, 9.17) is 14.7 Å². The van der Waals surface area contributed by atoms with E-state index in [0.29, 0.717) is 29.2 Å². The van der Waals surface area contributed by atoms with E-state index in [9.17, 15) is 9.18 Å². The van der Waals surface area contributed by atoms with E-state index in [2.05, 4.69) is 6.07 Å². The highest BCUT2D eigenvalue weighted by Crippen LogP contribution is 2.32. The van der Waals surface area contributed by atoms with Gasteiger partial charge in [-0.15, -0.1) is 0 Å². The second kappa shape index (κ2) is 9.14. The van der Waals surface area contributed by atoms with E-state index in [1.165, 1.54) is 18.2 Å². The van der Waals surface area contributed by atoms with Gasteiger partial charge in [0.05, 0.1) is 11.6 Å². The molecule has 0 radical (unpaired) electrons. The molecule has 1 amide bonds. The Labute approximate surface area is 179 Å². The molecule has 0 N–H and O–H groups in total. The summed E-state index contributed by atoms with van der Waals surface area (Å²) in [6.45, 7) is 0.766. The number of carbonyl (C=O) groups is 1. The Kier molecular flexibility index (Phi) is 5.95. The third kappa shape index (κ3) is 5.09. The van der Waals surface area contributed by atoms with Gasteiger partial charge >= 0.3 is 0 Å². The van der Waals surface area contributed by atoms with Crippen molar-refractivity contribution in [3.63, 3.8) is 0 Å². The summed E-state index contributed by atoms with van der Waals surface area (Å²) in [6, 6.07) is 20.8. The van der Waals surface area contributed by atoms with E-state index in [1.54, 1.807) is 41.3 Å². The second-order valence-corrected chi connectivity index (χ2v) is 7.08. The number of carbonyl (C=O) groups excluding carboxylic acids is 1. The summed E-state index contributed by atoms with van der Waals surface area (Å²) in [4.78, 5) is 14.6. The lowest BCUT2D eigenvalue weighted by atomic mass is 10.1. The minimum atomic E-state index is -0.348. The van der Waals surface area contributed by atoms with Gasteiger partial charge in [-0.1, -0.05) is 30.3 Å². The molecule has 0 bridgehead atoms. The molecular weight excluding hydrogens is 395 g/mol. The number of hydrogen-bond acceptors (Lipinski definition) is 4. The van der Waals surface area contributed by atoms with Gasteiger partial charge in [0.1, 0.15) is 5.82 Å². The Bertz CT molecular complexity index is 1170. The molecule has 154 valence electrons. The monoisotopic (exact) mass is 414 g/mol. The van der Waals surface area contributed by atoms with Crippen molar-refractivity contribution in [2.75, 3.05) is 6.79 Å². The van der Waals surface area contributed by atoms with Crippen LogP contribution < -0.4 is 9.47 Å². The number of benzene rings is 3. The maximum atomic E-state index is 13.6. The van der Waals surface area contributed by atoms with Crippen LogP contribution >= 0.6 is 0 Å². The number of halogens is 1. The van der Waals surface area contributed by atoms with Crippen molar-refractivity contribution in [3.05, 3.63) is 101 Å². The summed E-state index contributed by atoms with van der Waals surface area (Å²) in [6.07, 6.45) is 3.20. The van der Waals surface area contributed by atoms with E-state index >= 15 is 0 Å². The quantitative estimate of drug-likeness (QED) is 0.550. The third-order valence-corrected chi connectivity index (χ3v) is 4.85. The molecule has 0 spiro atoms. The fraction of sp³-hybridized carbons (Fsp3) is 0.120. The smallest absolute Gasteiger partial charge is 0.247 e. The Morgan fingerprint density at radius 3 is 2.55 bits per heavy atom. The van der Waals surface area contributed by atoms with Gasteiger partial charge in [-0.3, -0.25) is 4.79 Å². The first-order chi connectivity index (χ1) is 15.1. The molecule has 3 aromatic carbocycles. The van der Waals surface area contributed by atoms with Gasteiger partial charge in [0.15, 0.2) is 11.5 Å². The van der Waals surface area contributed by atoms with Crippen LogP contribution in [0.15, 0.2) is 72.8 Å². The van der Waals surface area contributed by atoms with Crippen molar-refractivity contribution in [1.82, 2.24) is 4.90 Å². The summed E-state index contributed by atoms with van der Waals surface area (Å²) < 4.78 is 24.3. The zero-order valence-electron chi connectivity index (χ0n) is 16.6. The van der Waals surface area contributed by atoms with Crippen LogP contribution in [0.4, 0.5) is 4.39 Å². The van der Waals surface area contributed by atoms with Crippen LogP contribution in [0, 0.1) is 17.1 Å². The molecule has 0 atom stereocenters. The molecule has 6 heteroatoms. The largest absolute Gasteiger partial charge is 0.454 e. The van der Waals surface area contributed by atoms with E-state index in [1.807, 2.05) is 24.3 Å². The fourth-order valence-electron chi connectivity index (χ4n) is 3.26. The number of ether oxygens (including phenoxy) is 2. The minimum absolute atomic E-state index is 0.188. The van der Waals surface area contributed by atoms with Gasteiger partial charge in [0.25, 0.3) is 0 Å². The molecule has 4 rings (SSSR count). The molecule has 5 nitrogen and oxygen atoms in total. The number of nitrogens with zero attached hydrogens (tertiary/aromatic N) is 2. The molecule has 3 aromatic rings. The number of fused-ring (bicyclic) bond motifs is 1. The summed E-state index contributed by atoms with van der Waals surface area (Å²) in [5, 5.41) is 8.98. The zero-order valence-corrected chi connectivity index (χ0v) is 16.6. The first-order valence-electron chi connectivity index (χ1n) is 9.71. The van der Waals surface area contributed by atoms with Crippen LogP contribution in [0.1, 0.15) is 22.3 Å². The number of hydrogen-bond donors (Lipinski definition) is 0. The lowest BCUT2D eigenvalue weighted by Gasteiger charge is -2.22. The Balaban J connectivity index is 1.54. The van der Waals surface area contributed by atoms with Crippen molar-refractivity contribution < 1.29 is 18.7 Å².